The Kier molecular flexibility index (Phi) is 8.27. The molecule has 6 heteroatoms. The lowest BCUT2D eigenvalue weighted by molar-refractivity contribution is 0.0696. The van der Waals surface area contributed by atoms with Gasteiger partial charge in [0.15, 0.2) is 5.78 Å². The number of carbonyl (C=O) groups excluding carboxylic acids is 1. The summed E-state index contributed by atoms with van der Waals surface area (Å²) in [7, 11) is 0. The van der Waals surface area contributed by atoms with Crippen molar-refractivity contribution in [3.8, 4) is 17.2 Å². The standard InChI is InChI=1S/C24H30O6/c1-15(2)13-20(25)19-9-10-21(17(4)23(19)26)29-11-5-6-12-30-22-14-18(24(27)28)8-7-16(22)3/h7-10,14-15,26H,5-6,11-13H2,1-4H3,(H,27,28). The molecule has 2 aromatic carbocycles. The van der Waals surface area contributed by atoms with Gasteiger partial charge in [-0.25, -0.2) is 4.79 Å². The summed E-state index contributed by atoms with van der Waals surface area (Å²) >= 11 is 0. The minimum absolute atomic E-state index is 0.0183. The number of unbranched alkanes of at least 4 members (excludes halogenated alkanes) is 1. The molecule has 0 fully saturated rings. The third-order valence-electron chi connectivity index (χ3n) is 4.76. The second-order valence-corrected chi connectivity index (χ2v) is 7.80. The lowest BCUT2D eigenvalue weighted by atomic mass is 9.98. The molecule has 2 aromatic rings. The number of carbonyl (C=O) groups is 2. The molecular formula is C24H30O6. The zero-order valence-electron chi connectivity index (χ0n) is 18.0. The molecule has 6 nitrogen and oxygen atoms in total. The number of benzene rings is 2. The summed E-state index contributed by atoms with van der Waals surface area (Å²) < 4.78 is 11.5. The Morgan fingerprint density at radius 1 is 0.967 bits per heavy atom. The number of ketones is 1. The molecule has 0 aliphatic carbocycles. The van der Waals surface area contributed by atoms with E-state index in [0.717, 1.165) is 18.4 Å². The van der Waals surface area contributed by atoms with E-state index in [1.54, 1.807) is 31.2 Å². The Hall–Kier alpha value is -3.02. The van der Waals surface area contributed by atoms with Gasteiger partial charge in [0, 0.05) is 12.0 Å². The molecule has 0 aromatic heterocycles. The van der Waals surface area contributed by atoms with Crippen LogP contribution in [-0.4, -0.2) is 35.2 Å². The third-order valence-corrected chi connectivity index (χ3v) is 4.76. The van der Waals surface area contributed by atoms with Gasteiger partial charge in [0.25, 0.3) is 0 Å². The fourth-order valence-corrected chi connectivity index (χ4v) is 3.00. The van der Waals surface area contributed by atoms with Gasteiger partial charge < -0.3 is 19.7 Å². The molecule has 0 saturated heterocycles. The number of phenols is 1. The van der Waals surface area contributed by atoms with Crippen molar-refractivity contribution in [2.24, 2.45) is 5.92 Å². The van der Waals surface area contributed by atoms with E-state index in [2.05, 4.69) is 0 Å². The highest BCUT2D eigenvalue weighted by Crippen LogP contribution is 2.32. The first kappa shape index (κ1) is 23.3. The van der Waals surface area contributed by atoms with E-state index in [4.69, 9.17) is 14.6 Å². The molecule has 162 valence electrons. The van der Waals surface area contributed by atoms with Crippen molar-refractivity contribution in [2.45, 2.75) is 47.0 Å². The van der Waals surface area contributed by atoms with Crippen LogP contribution >= 0.6 is 0 Å². The zero-order chi connectivity index (χ0) is 22.3. The molecule has 0 atom stereocenters. The normalized spacial score (nSPS) is 10.8. The van der Waals surface area contributed by atoms with Gasteiger partial charge in [-0.1, -0.05) is 19.9 Å². The van der Waals surface area contributed by atoms with Gasteiger partial charge in [0.2, 0.25) is 0 Å². The molecule has 0 aliphatic heterocycles. The van der Waals surface area contributed by atoms with Gasteiger partial charge in [0.1, 0.15) is 17.2 Å². The number of phenolic OH excluding ortho intramolecular Hbond substituents is 1. The second-order valence-electron chi connectivity index (χ2n) is 7.80. The first-order chi connectivity index (χ1) is 14.2. The average Bonchev–Trinajstić information content (AvgIpc) is 2.68. The highest BCUT2D eigenvalue weighted by molar-refractivity contribution is 5.99. The van der Waals surface area contributed by atoms with Crippen LogP contribution in [0.2, 0.25) is 0 Å². The molecule has 30 heavy (non-hydrogen) atoms. The summed E-state index contributed by atoms with van der Waals surface area (Å²) in [6, 6.07) is 8.15. The van der Waals surface area contributed by atoms with Crippen LogP contribution in [0.15, 0.2) is 30.3 Å². The summed E-state index contributed by atoms with van der Waals surface area (Å²) in [5.74, 6) is 0.277. The maximum Gasteiger partial charge on any atom is 0.335 e. The lowest BCUT2D eigenvalue weighted by Gasteiger charge is -2.14. The van der Waals surface area contributed by atoms with Crippen molar-refractivity contribution in [1.82, 2.24) is 0 Å². The number of Topliss-reactive ketones (excluding diaryl/α,β-unsaturated/α-hetero) is 1. The Morgan fingerprint density at radius 2 is 1.60 bits per heavy atom. The summed E-state index contributed by atoms with van der Waals surface area (Å²) in [6.45, 7) is 8.42. The molecule has 0 unspecified atom stereocenters. The van der Waals surface area contributed by atoms with E-state index < -0.39 is 5.97 Å². The largest absolute Gasteiger partial charge is 0.507 e. The summed E-state index contributed by atoms with van der Waals surface area (Å²) in [5.41, 5.74) is 1.97. The number of aromatic carboxylic acids is 1. The van der Waals surface area contributed by atoms with Crippen molar-refractivity contribution in [2.75, 3.05) is 13.2 Å². The molecule has 0 heterocycles. The number of carboxylic acids is 1. The summed E-state index contributed by atoms with van der Waals surface area (Å²) in [4.78, 5) is 23.3. The molecule has 0 amide bonds. The van der Waals surface area contributed by atoms with Crippen molar-refractivity contribution in [1.29, 1.82) is 0 Å². The fourth-order valence-electron chi connectivity index (χ4n) is 3.00. The van der Waals surface area contributed by atoms with Crippen molar-refractivity contribution in [3.63, 3.8) is 0 Å². The predicted molar refractivity (Wildman–Crippen MR) is 115 cm³/mol. The number of aryl methyl sites for hydroxylation is 1. The van der Waals surface area contributed by atoms with Gasteiger partial charge in [-0.3, -0.25) is 4.79 Å². The molecule has 0 saturated carbocycles. The van der Waals surface area contributed by atoms with Crippen LogP contribution in [0, 0.1) is 19.8 Å². The topological polar surface area (TPSA) is 93.1 Å². The number of ether oxygens (including phenoxy) is 2. The average molecular weight is 414 g/mol. The predicted octanol–water partition coefficient (Wildman–Crippen LogP) is 5.17. The van der Waals surface area contributed by atoms with Gasteiger partial charge in [-0.2, -0.15) is 0 Å². The van der Waals surface area contributed by atoms with E-state index in [9.17, 15) is 14.7 Å². The van der Waals surface area contributed by atoms with E-state index >= 15 is 0 Å². The maximum atomic E-state index is 12.2. The van der Waals surface area contributed by atoms with Crippen LogP contribution in [0.1, 0.15) is 65.0 Å². The Morgan fingerprint density at radius 3 is 2.20 bits per heavy atom. The second kappa shape index (κ2) is 10.7. The van der Waals surface area contributed by atoms with Gasteiger partial charge in [0.05, 0.1) is 24.3 Å². The maximum absolute atomic E-state index is 12.2. The summed E-state index contributed by atoms with van der Waals surface area (Å²) in [5, 5.41) is 19.4. The monoisotopic (exact) mass is 414 g/mol. The number of hydrogen-bond donors (Lipinski definition) is 2. The van der Waals surface area contributed by atoms with Crippen molar-refractivity contribution >= 4 is 11.8 Å². The smallest absolute Gasteiger partial charge is 0.335 e. The first-order valence-electron chi connectivity index (χ1n) is 10.2. The molecule has 0 spiro atoms. The number of rotatable bonds is 11. The van der Waals surface area contributed by atoms with E-state index in [0.29, 0.717) is 42.3 Å². The minimum Gasteiger partial charge on any atom is -0.507 e. The van der Waals surface area contributed by atoms with Crippen LogP contribution < -0.4 is 9.47 Å². The zero-order valence-corrected chi connectivity index (χ0v) is 18.0. The van der Waals surface area contributed by atoms with Gasteiger partial charge in [-0.15, -0.1) is 0 Å². The van der Waals surface area contributed by atoms with Gasteiger partial charge >= 0.3 is 5.97 Å². The van der Waals surface area contributed by atoms with E-state index in [-0.39, 0.29) is 23.0 Å². The van der Waals surface area contributed by atoms with Crippen LogP contribution in [0.25, 0.3) is 0 Å². The first-order valence-corrected chi connectivity index (χ1v) is 10.2. The van der Waals surface area contributed by atoms with E-state index in [1.165, 1.54) is 6.07 Å². The minimum atomic E-state index is -0.983. The number of carboxylic acid groups (broad SMARTS) is 1. The molecule has 0 bridgehead atoms. The number of aromatic hydroxyl groups is 1. The molecule has 0 aliphatic rings. The highest BCUT2D eigenvalue weighted by Gasteiger charge is 2.17. The fraction of sp³-hybridized carbons (Fsp3) is 0.417. The van der Waals surface area contributed by atoms with Crippen LogP contribution in [0.4, 0.5) is 0 Å². The van der Waals surface area contributed by atoms with Crippen LogP contribution in [0.3, 0.4) is 0 Å². The Bertz CT molecular complexity index is 901. The Balaban J connectivity index is 1.82. The van der Waals surface area contributed by atoms with Crippen LogP contribution in [0.5, 0.6) is 17.2 Å². The Labute approximate surface area is 177 Å². The van der Waals surface area contributed by atoms with Crippen molar-refractivity contribution in [3.05, 3.63) is 52.6 Å². The molecule has 2 N–H and O–H groups in total. The van der Waals surface area contributed by atoms with Crippen molar-refractivity contribution < 1.29 is 29.3 Å². The molecule has 2 rings (SSSR count). The van der Waals surface area contributed by atoms with Gasteiger partial charge in [-0.05, 0) is 62.4 Å². The quantitative estimate of drug-likeness (QED) is 0.389. The van der Waals surface area contributed by atoms with Crippen LogP contribution in [-0.2, 0) is 0 Å². The molecule has 0 radical (unpaired) electrons. The summed E-state index contributed by atoms with van der Waals surface area (Å²) in [6.07, 6.45) is 1.85. The third kappa shape index (κ3) is 6.24. The lowest BCUT2D eigenvalue weighted by Crippen LogP contribution is -2.07. The number of hydrogen-bond acceptors (Lipinski definition) is 5. The molecular weight excluding hydrogens is 384 g/mol. The van der Waals surface area contributed by atoms with E-state index in [1.807, 2.05) is 20.8 Å². The highest BCUT2D eigenvalue weighted by atomic mass is 16.5. The SMILES string of the molecule is Cc1ccc(C(=O)O)cc1OCCCCOc1ccc(C(=O)CC(C)C)c(O)c1C.